The molecule has 0 unspecified atom stereocenters. The molecule has 0 aliphatic heterocycles. The number of benzene rings is 3. The second-order valence-corrected chi connectivity index (χ2v) is 12.8. The lowest BCUT2D eigenvalue weighted by Crippen LogP contribution is -2.24. The smallest absolute Gasteiger partial charge is 0.148 e. The minimum Gasteiger partial charge on any atom is -0.487 e. The Kier molecular flexibility index (Phi) is 8.77. The SMILES string of the molecule is CN(CCS(C)(=O)=O)Cc1ccc(-c2ccc3ncnc(N(C)c4ccc(OCc5cccc(F)c5)c(Cl)c4)c3c2)o1. The maximum Gasteiger partial charge on any atom is 0.148 e. The zero-order valence-electron chi connectivity index (χ0n) is 23.4. The van der Waals surface area contributed by atoms with Gasteiger partial charge in [-0.3, -0.25) is 4.90 Å². The molecular weight excluding hydrogens is 579 g/mol. The first kappa shape index (κ1) is 29.5. The molecule has 5 aromatic rings. The fourth-order valence-corrected chi connectivity index (χ4v) is 5.35. The molecule has 0 N–H and O–H groups in total. The lowest BCUT2D eigenvalue weighted by atomic mass is 10.1. The molecule has 3 aromatic carbocycles. The number of hydrogen-bond acceptors (Lipinski definition) is 8. The Hall–Kier alpha value is -3.99. The van der Waals surface area contributed by atoms with Gasteiger partial charge in [0, 0.05) is 36.5 Å². The van der Waals surface area contributed by atoms with E-state index in [9.17, 15) is 12.8 Å². The van der Waals surface area contributed by atoms with Crippen molar-refractivity contribution in [3.05, 3.63) is 101 Å². The first-order valence-electron chi connectivity index (χ1n) is 13.2. The van der Waals surface area contributed by atoms with E-state index in [-0.39, 0.29) is 18.2 Å². The van der Waals surface area contributed by atoms with Crippen molar-refractivity contribution in [2.45, 2.75) is 13.2 Å². The van der Waals surface area contributed by atoms with Crippen molar-refractivity contribution in [1.29, 1.82) is 0 Å². The Morgan fingerprint density at radius 2 is 1.83 bits per heavy atom. The molecule has 11 heteroatoms. The number of fused-ring (bicyclic) bond motifs is 1. The molecule has 8 nitrogen and oxygen atoms in total. The number of anilines is 2. The second-order valence-electron chi connectivity index (χ2n) is 10.2. The summed E-state index contributed by atoms with van der Waals surface area (Å²) in [7, 11) is 0.719. The van der Waals surface area contributed by atoms with E-state index in [1.165, 1.54) is 24.7 Å². The third-order valence-corrected chi connectivity index (χ3v) is 7.95. The van der Waals surface area contributed by atoms with Gasteiger partial charge in [-0.15, -0.1) is 0 Å². The number of sulfone groups is 1. The molecule has 0 saturated heterocycles. The first-order chi connectivity index (χ1) is 20.1. The van der Waals surface area contributed by atoms with Gasteiger partial charge in [0.05, 0.1) is 22.8 Å². The van der Waals surface area contributed by atoms with Crippen LogP contribution in [0.15, 0.2) is 83.5 Å². The molecule has 218 valence electrons. The van der Waals surface area contributed by atoms with Crippen molar-refractivity contribution < 1.29 is 22.0 Å². The number of halogens is 2. The Morgan fingerprint density at radius 1 is 1.00 bits per heavy atom. The average Bonchev–Trinajstić information content (AvgIpc) is 3.42. The van der Waals surface area contributed by atoms with Crippen molar-refractivity contribution in [3.8, 4) is 17.1 Å². The van der Waals surface area contributed by atoms with Gasteiger partial charge in [0.1, 0.15) is 51.7 Å². The zero-order valence-corrected chi connectivity index (χ0v) is 25.0. The highest BCUT2D eigenvalue weighted by molar-refractivity contribution is 7.90. The number of nitrogens with zero attached hydrogens (tertiary/aromatic N) is 4. The largest absolute Gasteiger partial charge is 0.487 e. The van der Waals surface area contributed by atoms with Crippen molar-refractivity contribution in [3.63, 3.8) is 0 Å². The topological polar surface area (TPSA) is 88.8 Å². The quantitative estimate of drug-likeness (QED) is 0.168. The summed E-state index contributed by atoms with van der Waals surface area (Å²) in [5, 5.41) is 1.24. The summed E-state index contributed by atoms with van der Waals surface area (Å²) in [6.07, 6.45) is 2.75. The number of rotatable bonds is 11. The number of aromatic nitrogens is 2. The summed E-state index contributed by atoms with van der Waals surface area (Å²) in [5.41, 5.74) is 3.12. The van der Waals surface area contributed by atoms with Gasteiger partial charge in [0.15, 0.2) is 0 Å². The summed E-state index contributed by atoms with van der Waals surface area (Å²) in [4.78, 5) is 12.8. The van der Waals surface area contributed by atoms with Crippen LogP contribution in [0.25, 0.3) is 22.2 Å². The third kappa shape index (κ3) is 7.25. The molecule has 0 saturated carbocycles. The number of ether oxygens (including phenoxy) is 1. The Labute approximate surface area is 249 Å². The van der Waals surface area contributed by atoms with Gasteiger partial charge in [0.25, 0.3) is 0 Å². The summed E-state index contributed by atoms with van der Waals surface area (Å²) in [6.45, 7) is 1.10. The average molecular weight is 609 g/mol. The van der Waals surface area contributed by atoms with Crippen molar-refractivity contribution in [1.82, 2.24) is 14.9 Å². The van der Waals surface area contributed by atoms with E-state index >= 15 is 0 Å². The molecule has 0 amide bonds. The van der Waals surface area contributed by atoms with Crippen LogP contribution in [0, 0.1) is 5.82 Å². The fourth-order valence-electron chi connectivity index (χ4n) is 4.47. The third-order valence-electron chi connectivity index (χ3n) is 6.73. The van der Waals surface area contributed by atoms with Crippen molar-refractivity contribution in [2.75, 3.05) is 37.5 Å². The minimum absolute atomic E-state index is 0.0912. The van der Waals surface area contributed by atoms with Crippen molar-refractivity contribution >= 4 is 43.8 Å². The minimum atomic E-state index is -3.03. The standard InChI is InChI=1S/C31H30ClFN4O4S/c1-36(13-14-42(3,38)39)18-25-9-12-29(41-25)22-7-10-28-26(16-22)31(35-20-34-28)37(2)24-8-11-30(27(32)17-24)40-19-21-5-4-6-23(33)15-21/h4-12,15-17,20H,13-14,18-19H2,1-3H3. The van der Waals surface area contributed by atoms with E-state index < -0.39 is 9.84 Å². The molecule has 0 aliphatic rings. The van der Waals surface area contributed by atoms with Gasteiger partial charge >= 0.3 is 0 Å². The predicted molar refractivity (Wildman–Crippen MR) is 164 cm³/mol. The maximum atomic E-state index is 13.5. The Bertz CT molecular complexity index is 1830. The molecule has 2 heterocycles. The van der Waals surface area contributed by atoms with Crippen LogP contribution in [0.1, 0.15) is 11.3 Å². The van der Waals surface area contributed by atoms with E-state index in [4.69, 9.17) is 20.8 Å². The maximum absolute atomic E-state index is 13.5. The Morgan fingerprint density at radius 3 is 2.60 bits per heavy atom. The molecule has 0 radical (unpaired) electrons. The molecular formula is C31H30ClFN4O4S. The van der Waals surface area contributed by atoms with Crippen LogP contribution in [0.5, 0.6) is 5.75 Å². The van der Waals surface area contributed by atoms with Gasteiger partial charge in [-0.1, -0.05) is 23.7 Å². The Balaban J connectivity index is 1.34. The summed E-state index contributed by atoms with van der Waals surface area (Å²) in [5.74, 6) is 2.36. The van der Waals surface area contributed by atoms with E-state index in [0.29, 0.717) is 41.0 Å². The van der Waals surface area contributed by atoms with E-state index in [2.05, 4.69) is 9.97 Å². The summed E-state index contributed by atoms with van der Waals surface area (Å²) >= 11 is 6.56. The molecule has 0 bridgehead atoms. The molecule has 5 rings (SSSR count). The highest BCUT2D eigenvalue weighted by atomic mass is 35.5. The molecule has 0 fully saturated rings. The van der Waals surface area contributed by atoms with Gasteiger partial charge in [-0.25, -0.2) is 22.8 Å². The lowest BCUT2D eigenvalue weighted by molar-refractivity contribution is 0.306. The van der Waals surface area contributed by atoms with Crippen LogP contribution in [0.4, 0.5) is 15.9 Å². The van der Waals surface area contributed by atoms with Crippen LogP contribution in [0.3, 0.4) is 0 Å². The first-order valence-corrected chi connectivity index (χ1v) is 15.6. The van der Waals surface area contributed by atoms with E-state index in [1.807, 2.05) is 60.3 Å². The monoisotopic (exact) mass is 608 g/mol. The van der Waals surface area contributed by atoms with Crippen LogP contribution < -0.4 is 9.64 Å². The number of hydrogen-bond donors (Lipinski definition) is 0. The summed E-state index contributed by atoms with van der Waals surface area (Å²) < 4.78 is 48.4. The highest BCUT2D eigenvalue weighted by Crippen LogP contribution is 2.35. The van der Waals surface area contributed by atoms with Gasteiger partial charge in [-0.05, 0) is 73.3 Å². The van der Waals surface area contributed by atoms with Crippen LogP contribution >= 0.6 is 11.6 Å². The predicted octanol–water partition coefficient (Wildman–Crippen LogP) is 6.51. The molecule has 0 spiro atoms. The summed E-state index contributed by atoms with van der Waals surface area (Å²) in [6, 6.07) is 21.3. The fraction of sp³-hybridized carbons (Fsp3) is 0.226. The van der Waals surface area contributed by atoms with Crippen LogP contribution in [-0.4, -0.2) is 55.9 Å². The van der Waals surface area contributed by atoms with Crippen molar-refractivity contribution in [2.24, 2.45) is 0 Å². The lowest BCUT2D eigenvalue weighted by Gasteiger charge is -2.21. The van der Waals surface area contributed by atoms with E-state index in [0.717, 1.165) is 27.9 Å². The van der Waals surface area contributed by atoms with E-state index in [1.54, 1.807) is 24.3 Å². The zero-order chi connectivity index (χ0) is 29.9. The molecule has 0 atom stereocenters. The second kappa shape index (κ2) is 12.5. The van der Waals surface area contributed by atoms with Crippen LogP contribution in [0.2, 0.25) is 5.02 Å². The highest BCUT2D eigenvalue weighted by Gasteiger charge is 2.16. The molecule has 2 aromatic heterocycles. The van der Waals surface area contributed by atoms with Gasteiger partial charge < -0.3 is 14.1 Å². The number of furan rings is 1. The van der Waals surface area contributed by atoms with Crippen LogP contribution in [-0.2, 0) is 23.0 Å². The molecule has 42 heavy (non-hydrogen) atoms. The van der Waals surface area contributed by atoms with Gasteiger partial charge in [0.2, 0.25) is 0 Å². The molecule has 0 aliphatic carbocycles. The van der Waals surface area contributed by atoms with Gasteiger partial charge in [-0.2, -0.15) is 0 Å². The normalized spacial score (nSPS) is 11.8.